The SMILES string of the molecule is COC(COC(=O)N1CCC(c2cnc(-c3c(-c4nn(C(C)(C)C)c5ncnc(N)c45)noc3C3CC3)nc2)CC1)OC. The van der Waals surface area contributed by atoms with Gasteiger partial charge in [0.15, 0.2) is 23.5 Å². The standard InChI is InChI=1S/C29H37N9O5/c1-29(2,3)38-27-21(25(30)33-15-34-27)22(35-38)23-20(24(43-36-23)17-6-7-17)26-31-12-18(13-32-26)16-8-10-37(11-9-16)28(39)42-14-19(40-4)41-5/h12-13,15-17,19H,6-11,14H2,1-5H3,(H2,30,33,34). The van der Waals surface area contributed by atoms with Gasteiger partial charge >= 0.3 is 6.09 Å². The number of piperidine rings is 1. The molecule has 5 heterocycles. The molecule has 2 N–H and O–H groups in total. The highest BCUT2D eigenvalue weighted by Crippen LogP contribution is 2.48. The first kappa shape index (κ1) is 28.9. The third-order valence-electron chi connectivity index (χ3n) is 8.01. The number of carbonyl (C=O) groups excluding carboxylic acids is 1. The van der Waals surface area contributed by atoms with Crippen LogP contribution in [-0.4, -0.2) is 86.1 Å². The van der Waals surface area contributed by atoms with Gasteiger partial charge in [0.1, 0.15) is 30.1 Å². The first-order valence-corrected chi connectivity index (χ1v) is 14.5. The summed E-state index contributed by atoms with van der Waals surface area (Å²) in [5, 5.41) is 10.0. The van der Waals surface area contributed by atoms with Crippen molar-refractivity contribution < 1.29 is 23.5 Å². The molecule has 14 nitrogen and oxygen atoms in total. The highest BCUT2D eigenvalue weighted by Gasteiger charge is 2.37. The topological polar surface area (TPSA) is 169 Å². The molecule has 1 saturated carbocycles. The van der Waals surface area contributed by atoms with Gasteiger partial charge in [-0.1, -0.05) is 5.16 Å². The first-order valence-electron chi connectivity index (χ1n) is 14.5. The van der Waals surface area contributed by atoms with Crippen molar-refractivity contribution in [3.05, 3.63) is 30.0 Å². The second-order valence-electron chi connectivity index (χ2n) is 12.0. The van der Waals surface area contributed by atoms with E-state index in [1.807, 2.05) is 37.8 Å². The molecule has 1 saturated heterocycles. The molecule has 14 heteroatoms. The van der Waals surface area contributed by atoms with E-state index >= 15 is 0 Å². The van der Waals surface area contributed by atoms with Gasteiger partial charge in [-0.15, -0.1) is 0 Å². The number of fused-ring (bicyclic) bond motifs is 1. The molecule has 2 fully saturated rings. The van der Waals surface area contributed by atoms with Gasteiger partial charge in [-0.2, -0.15) is 5.10 Å². The minimum absolute atomic E-state index is 0.0423. The normalized spacial score (nSPS) is 16.4. The van der Waals surface area contributed by atoms with Crippen molar-refractivity contribution >= 4 is 22.9 Å². The van der Waals surface area contributed by atoms with Gasteiger partial charge in [-0.3, -0.25) is 0 Å². The first-order chi connectivity index (χ1) is 20.7. The summed E-state index contributed by atoms with van der Waals surface area (Å²) in [7, 11) is 3.01. The Morgan fingerprint density at radius 1 is 1.02 bits per heavy atom. The fraction of sp³-hybridized carbons (Fsp3) is 0.552. The van der Waals surface area contributed by atoms with E-state index < -0.39 is 6.29 Å². The van der Waals surface area contributed by atoms with Gasteiger partial charge in [0.2, 0.25) is 0 Å². The van der Waals surface area contributed by atoms with Crippen LogP contribution in [0, 0.1) is 0 Å². The number of ether oxygens (including phenoxy) is 3. The summed E-state index contributed by atoms with van der Waals surface area (Å²) in [6.45, 7) is 7.34. The highest BCUT2D eigenvalue weighted by atomic mass is 16.7. The van der Waals surface area contributed by atoms with Crippen LogP contribution in [-0.2, 0) is 19.7 Å². The molecule has 4 aromatic rings. The zero-order valence-electron chi connectivity index (χ0n) is 25.1. The van der Waals surface area contributed by atoms with Crippen molar-refractivity contribution in [1.29, 1.82) is 0 Å². The summed E-state index contributed by atoms with van der Waals surface area (Å²) in [6, 6.07) is 0. The van der Waals surface area contributed by atoms with Crippen LogP contribution in [0.15, 0.2) is 23.2 Å². The summed E-state index contributed by atoms with van der Waals surface area (Å²) in [5.41, 5.74) is 9.43. The second kappa shape index (κ2) is 11.5. The molecule has 4 aromatic heterocycles. The van der Waals surface area contributed by atoms with Crippen molar-refractivity contribution in [2.45, 2.75) is 70.1 Å². The maximum atomic E-state index is 12.5. The Hall–Kier alpha value is -4.17. The van der Waals surface area contributed by atoms with Crippen LogP contribution in [0.1, 0.15) is 69.6 Å². The predicted octanol–water partition coefficient (Wildman–Crippen LogP) is 4.09. The fourth-order valence-corrected chi connectivity index (χ4v) is 5.45. The van der Waals surface area contributed by atoms with Crippen LogP contribution in [0.25, 0.3) is 33.8 Å². The minimum atomic E-state index is -0.581. The highest BCUT2D eigenvalue weighted by molar-refractivity contribution is 6.00. The quantitative estimate of drug-likeness (QED) is 0.292. The monoisotopic (exact) mass is 591 g/mol. The Morgan fingerprint density at radius 2 is 1.72 bits per heavy atom. The Kier molecular flexibility index (Phi) is 7.73. The largest absolute Gasteiger partial charge is 0.444 e. The van der Waals surface area contributed by atoms with Gasteiger partial charge in [0.05, 0.1) is 16.5 Å². The van der Waals surface area contributed by atoms with Gasteiger partial charge in [-0.05, 0) is 57.9 Å². The van der Waals surface area contributed by atoms with Gasteiger partial charge < -0.3 is 29.4 Å². The predicted molar refractivity (Wildman–Crippen MR) is 156 cm³/mol. The van der Waals surface area contributed by atoms with Crippen LogP contribution in [0.5, 0.6) is 0 Å². The molecule has 0 spiro atoms. The lowest BCUT2D eigenvalue weighted by atomic mass is 9.91. The Balaban J connectivity index is 1.25. The fourth-order valence-electron chi connectivity index (χ4n) is 5.45. The number of anilines is 1. The molecule has 1 aliphatic carbocycles. The van der Waals surface area contributed by atoms with Crippen molar-refractivity contribution in [3.8, 4) is 22.8 Å². The van der Waals surface area contributed by atoms with E-state index in [9.17, 15) is 4.79 Å². The average molecular weight is 592 g/mol. The van der Waals surface area contributed by atoms with Gasteiger partial charge in [0, 0.05) is 45.6 Å². The van der Waals surface area contributed by atoms with E-state index in [0.717, 1.165) is 42.6 Å². The average Bonchev–Trinajstić information content (AvgIpc) is 3.62. The van der Waals surface area contributed by atoms with E-state index in [0.29, 0.717) is 47.2 Å². The maximum Gasteiger partial charge on any atom is 0.409 e. The number of nitrogens with zero attached hydrogens (tertiary/aromatic N) is 8. The third-order valence-corrected chi connectivity index (χ3v) is 8.01. The summed E-state index contributed by atoms with van der Waals surface area (Å²) >= 11 is 0. The summed E-state index contributed by atoms with van der Waals surface area (Å²) in [5.74, 6) is 2.07. The summed E-state index contributed by atoms with van der Waals surface area (Å²) < 4.78 is 23.3. The molecular weight excluding hydrogens is 554 g/mol. The number of nitrogen functional groups attached to an aromatic ring is 1. The summed E-state index contributed by atoms with van der Waals surface area (Å²) in [6.07, 6.45) is 7.79. The number of methoxy groups -OCH3 is 2. The minimum Gasteiger partial charge on any atom is -0.444 e. The van der Waals surface area contributed by atoms with E-state index in [4.69, 9.17) is 39.5 Å². The molecule has 2 aliphatic rings. The van der Waals surface area contributed by atoms with Crippen LogP contribution >= 0.6 is 0 Å². The molecule has 0 aromatic carbocycles. The zero-order valence-corrected chi connectivity index (χ0v) is 25.1. The molecule has 1 amide bonds. The molecular formula is C29H37N9O5. The third kappa shape index (κ3) is 5.64. The van der Waals surface area contributed by atoms with E-state index in [1.54, 1.807) is 4.90 Å². The van der Waals surface area contributed by atoms with Crippen molar-refractivity contribution in [2.75, 3.05) is 39.6 Å². The van der Waals surface area contributed by atoms with Crippen LogP contribution in [0.4, 0.5) is 10.6 Å². The molecule has 0 atom stereocenters. The number of aromatic nitrogens is 7. The number of carbonyl (C=O) groups is 1. The molecule has 0 bridgehead atoms. The smallest absolute Gasteiger partial charge is 0.409 e. The zero-order chi connectivity index (χ0) is 30.3. The van der Waals surface area contributed by atoms with Crippen LogP contribution in [0.2, 0.25) is 0 Å². The number of amides is 1. The van der Waals surface area contributed by atoms with Gasteiger partial charge in [-0.25, -0.2) is 29.4 Å². The van der Waals surface area contributed by atoms with Gasteiger partial charge in [0.25, 0.3) is 0 Å². The number of hydrogen-bond acceptors (Lipinski definition) is 12. The van der Waals surface area contributed by atoms with E-state index in [2.05, 4.69) is 15.1 Å². The van der Waals surface area contributed by atoms with E-state index in [1.165, 1.54) is 20.5 Å². The summed E-state index contributed by atoms with van der Waals surface area (Å²) in [4.78, 5) is 32.5. The van der Waals surface area contributed by atoms with Crippen LogP contribution in [0.3, 0.4) is 0 Å². The lowest BCUT2D eigenvalue weighted by molar-refractivity contribution is -0.130. The van der Waals surface area contributed by atoms with Crippen molar-refractivity contribution in [3.63, 3.8) is 0 Å². The molecule has 1 aliphatic heterocycles. The molecule has 43 heavy (non-hydrogen) atoms. The number of likely N-dealkylation sites (tertiary alicyclic amines) is 1. The number of rotatable bonds is 8. The van der Waals surface area contributed by atoms with Crippen molar-refractivity contribution in [2.24, 2.45) is 0 Å². The molecule has 228 valence electrons. The Labute approximate surface area is 248 Å². The number of nitrogens with two attached hydrogens (primary N) is 1. The number of hydrogen-bond donors (Lipinski definition) is 1. The Bertz CT molecular complexity index is 1600. The van der Waals surface area contributed by atoms with Crippen LogP contribution < -0.4 is 5.73 Å². The lowest BCUT2D eigenvalue weighted by Gasteiger charge is -2.31. The van der Waals surface area contributed by atoms with E-state index in [-0.39, 0.29) is 30.1 Å². The molecule has 6 rings (SSSR count). The Morgan fingerprint density at radius 3 is 2.35 bits per heavy atom. The maximum absolute atomic E-state index is 12.5. The lowest BCUT2D eigenvalue weighted by Crippen LogP contribution is -2.39. The van der Waals surface area contributed by atoms with Crippen molar-refractivity contribution in [1.82, 2.24) is 39.8 Å². The molecule has 0 radical (unpaired) electrons. The molecule has 0 unspecified atom stereocenters. The second-order valence-corrected chi connectivity index (χ2v) is 12.0.